The normalized spacial score (nSPS) is 15.3. The van der Waals surface area contributed by atoms with Crippen molar-refractivity contribution in [1.29, 1.82) is 0 Å². The third-order valence-corrected chi connectivity index (χ3v) is 2.83. The van der Waals surface area contributed by atoms with Crippen LogP contribution in [-0.4, -0.2) is 25.9 Å². The third-order valence-electron chi connectivity index (χ3n) is 2.83. The average molecular weight is 203 g/mol. The highest BCUT2D eigenvalue weighted by Crippen LogP contribution is 2.23. The molecule has 0 radical (unpaired) electrons. The standard InChI is InChI=1S/C10H13N5/c1-14-7-12-5-9(14)8-4-13-15-3-2-11-6-10(8)15/h4-5,7,11H,2-3,6H2,1H3. The summed E-state index contributed by atoms with van der Waals surface area (Å²) in [5, 5.41) is 7.75. The summed E-state index contributed by atoms with van der Waals surface area (Å²) in [6, 6.07) is 0. The van der Waals surface area contributed by atoms with Gasteiger partial charge in [0, 0.05) is 25.7 Å². The van der Waals surface area contributed by atoms with E-state index in [1.807, 2.05) is 30.3 Å². The van der Waals surface area contributed by atoms with Gasteiger partial charge in [-0.2, -0.15) is 5.10 Å². The second kappa shape index (κ2) is 3.20. The predicted molar refractivity (Wildman–Crippen MR) is 56.1 cm³/mol. The first-order valence-electron chi connectivity index (χ1n) is 5.08. The van der Waals surface area contributed by atoms with Gasteiger partial charge in [0.15, 0.2) is 0 Å². The number of fused-ring (bicyclic) bond motifs is 1. The summed E-state index contributed by atoms with van der Waals surface area (Å²) in [6.07, 6.45) is 5.63. The molecule has 78 valence electrons. The molecule has 15 heavy (non-hydrogen) atoms. The fraction of sp³-hybridized carbons (Fsp3) is 0.400. The molecule has 3 heterocycles. The van der Waals surface area contributed by atoms with Crippen LogP contribution in [0, 0.1) is 0 Å². The van der Waals surface area contributed by atoms with Gasteiger partial charge in [-0.1, -0.05) is 0 Å². The molecule has 0 fully saturated rings. The molecule has 2 aromatic rings. The first-order valence-corrected chi connectivity index (χ1v) is 5.08. The Hall–Kier alpha value is -1.62. The Bertz CT molecular complexity index is 482. The van der Waals surface area contributed by atoms with E-state index in [-0.39, 0.29) is 0 Å². The van der Waals surface area contributed by atoms with E-state index in [0.29, 0.717) is 0 Å². The molecule has 1 aliphatic heterocycles. The number of hydrogen-bond acceptors (Lipinski definition) is 3. The van der Waals surface area contributed by atoms with Gasteiger partial charge in [0.25, 0.3) is 0 Å². The number of rotatable bonds is 1. The van der Waals surface area contributed by atoms with Crippen LogP contribution in [0.5, 0.6) is 0 Å². The number of imidazole rings is 1. The number of aromatic nitrogens is 4. The lowest BCUT2D eigenvalue weighted by atomic mass is 10.1. The Balaban J connectivity index is 2.13. The first kappa shape index (κ1) is 8.67. The maximum Gasteiger partial charge on any atom is 0.0948 e. The Morgan fingerprint density at radius 1 is 1.40 bits per heavy atom. The second-order valence-corrected chi connectivity index (χ2v) is 3.79. The minimum Gasteiger partial charge on any atom is -0.334 e. The maximum atomic E-state index is 4.39. The molecule has 0 amide bonds. The van der Waals surface area contributed by atoms with E-state index in [1.165, 1.54) is 11.3 Å². The molecule has 3 rings (SSSR count). The summed E-state index contributed by atoms with van der Waals surface area (Å²) >= 11 is 0. The van der Waals surface area contributed by atoms with Crippen molar-refractivity contribution in [2.45, 2.75) is 13.1 Å². The van der Waals surface area contributed by atoms with E-state index in [0.717, 1.165) is 25.3 Å². The molecule has 0 saturated heterocycles. The third kappa shape index (κ3) is 1.27. The highest BCUT2D eigenvalue weighted by molar-refractivity contribution is 5.61. The Morgan fingerprint density at radius 3 is 3.13 bits per heavy atom. The van der Waals surface area contributed by atoms with Crippen molar-refractivity contribution in [2.75, 3.05) is 6.54 Å². The zero-order valence-electron chi connectivity index (χ0n) is 8.64. The lowest BCUT2D eigenvalue weighted by molar-refractivity contribution is 0.476. The smallest absolute Gasteiger partial charge is 0.0948 e. The van der Waals surface area contributed by atoms with Crippen LogP contribution < -0.4 is 5.32 Å². The summed E-state index contributed by atoms with van der Waals surface area (Å²) in [7, 11) is 2.00. The minimum atomic E-state index is 0.889. The SMILES string of the molecule is Cn1cncc1-c1cnn2c1CNCC2. The lowest BCUT2D eigenvalue weighted by Gasteiger charge is -2.16. The number of aryl methyl sites for hydroxylation is 1. The molecule has 0 bridgehead atoms. The molecule has 0 unspecified atom stereocenters. The monoisotopic (exact) mass is 203 g/mol. The van der Waals surface area contributed by atoms with E-state index >= 15 is 0 Å². The van der Waals surface area contributed by atoms with Crippen LogP contribution in [0.1, 0.15) is 5.69 Å². The van der Waals surface area contributed by atoms with Crippen LogP contribution in [0.15, 0.2) is 18.7 Å². The fourth-order valence-corrected chi connectivity index (χ4v) is 2.01. The van der Waals surface area contributed by atoms with Gasteiger partial charge < -0.3 is 9.88 Å². The Kier molecular flexibility index (Phi) is 1.85. The zero-order chi connectivity index (χ0) is 10.3. The molecule has 5 heteroatoms. The van der Waals surface area contributed by atoms with E-state index in [9.17, 15) is 0 Å². The minimum absolute atomic E-state index is 0.889. The molecule has 0 aliphatic carbocycles. The number of nitrogens with zero attached hydrogens (tertiary/aromatic N) is 4. The summed E-state index contributed by atoms with van der Waals surface area (Å²) in [5.74, 6) is 0. The Morgan fingerprint density at radius 2 is 2.33 bits per heavy atom. The van der Waals surface area contributed by atoms with Gasteiger partial charge in [0.1, 0.15) is 0 Å². The number of hydrogen-bond donors (Lipinski definition) is 1. The maximum absolute atomic E-state index is 4.39. The predicted octanol–water partition coefficient (Wildman–Crippen LogP) is 0.387. The molecule has 0 saturated carbocycles. The summed E-state index contributed by atoms with van der Waals surface area (Å²) < 4.78 is 4.09. The lowest BCUT2D eigenvalue weighted by Crippen LogP contribution is -2.28. The van der Waals surface area contributed by atoms with Crippen molar-refractivity contribution in [3.63, 3.8) is 0 Å². The van der Waals surface area contributed by atoms with Gasteiger partial charge in [-0.3, -0.25) is 4.68 Å². The summed E-state index contributed by atoms with van der Waals surface area (Å²) in [5.41, 5.74) is 3.56. The van der Waals surface area contributed by atoms with Crippen molar-refractivity contribution >= 4 is 0 Å². The molecule has 1 N–H and O–H groups in total. The van der Waals surface area contributed by atoms with Gasteiger partial charge in [-0.05, 0) is 0 Å². The van der Waals surface area contributed by atoms with Crippen LogP contribution in [0.4, 0.5) is 0 Å². The van der Waals surface area contributed by atoms with E-state index in [2.05, 4.69) is 20.1 Å². The molecule has 0 aromatic carbocycles. The van der Waals surface area contributed by atoms with Crippen molar-refractivity contribution < 1.29 is 0 Å². The molecule has 2 aromatic heterocycles. The van der Waals surface area contributed by atoms with Crippen LogP contribution in [-0.2, 0) is 20.1 Å². The van der Waals surface area contributed by atoms with E-state index in [4.69, 9.17) is 0 Å². The van der Waals surface area contributed by atoms with Crippen LogP contribution in [0.3, 0.4) is 0 Å². The van der Waals surface area contributed by atoms with E-state index in [1.54, 1.807) is 0 Å². The second-order valence-electron chi connectivity index (χ2n) is 3.79. The van der Waals surface area contributed by atoms with Crippen LogP contribution in [0.2, 0.25) is 0 Å². The molecule has 0 atom stereocenters. The average Bonchev–Trinajstić information content (AvgIpc) is 2.83. The molecule has 1 aliphatic rings. The van der Waals surface area contributed by atoms with Gasteiger partial charge in [0.05, 0.1) is 36.7 Å². The first-order chi connectivity index (χ1) is 7.36. The van der Waals surface area contributed by atoms with Crippen LogP contribution >= 0.6 is 0 Å². The molecule has 5 nitrogen and oxygen atoms in total. The Labute approximate surface area is 87.7 Å². The van der Waals surface area contributed by atoms with Crippen molar-refractivity contribution in [3.8, 4) is 11.3 Å². The zero-order valence-corrected chi connectivity index (χ0v) is 8.64. The molecule has 0 spiro atoms. The number of nitrogens with one attached hydrogen (secondary N) is 1. The van der Waals surface area contributed by atoms with Gasteiger partial charge in [-0.25, -0.2) is 4.98 Å². The largest absolute Gasteiger partial charge is 0.334 e. The quantitative estimate of drug-likeness (QED) is 0.729. The summed E-state index contributed by atoms with van der Waals surface area (Å²) in [6.45, 7) is 2.84. The topological polar surface area (TPSA) is 47.7 Å². The molecular formula is C10H13N5. The van der Waals surface area contributed by atoms with Gasteiger partial charge in [-0.15, -0.1) is 0 Å². The highest BCUT2D eigenvalue weighted by Gasteiger charge is 2.16. The van der Waals surface area contributed by atoms with Gasteiger partial charge >= 0.3 is 0 Å². The highest BCUT2D eigenvalue weighted by atomic mass is 15.3. The summed E-state index contributed by atoms with van der Waals surface area (Å²) in [4.78, 5) is 4.13. The fourth-order valence-electron chi connectivity index (χ4n) is 2.01. The van der Waals surface area contributed by atoms with Crippen LogP contribution in [0.25, 0.3) is 11.3 Å². The van der Waals surface area contributed by atoms with E-state index < -0.39 is 0 Å². The van der Waals surface area contributed by atoms with Crippen molar-refractivity contribution in [2.24, 2.45) is 7.05 Å². The van der Waals surface area contributed by atoms with Gasteiger partial charge in [0.2, 0.25) is 0 Å². The molecular weight excluding hydrogens is 190 g/mol. The van der Waals surface area contributed by atoms with Crippen molar-refractivity contribution in [1.82, 2.24) is 24.6 Å². The van der Waals surface area contributed by atoms with Crippen molar-refractivity contribution in [3.05, 3.63) is 24.4 Å².